The van der Waals surface area contributed by atoms with E-state index in [9.17, 15) is 0 Å². The summed E-state index contributed by atoms with van der Waals surface area (Å²) >= 11 is 0. The first-order chi connectivity index (χ1) is 1.41. The van der Waals surface area contributed by atoms with Crippen LogP contribution in [0.4, 0.5) is 0 Å². The van der Waals surface area contributed by atoms with Crippen LogP contribution in [0.3, 0.4) is 0 Å². The third-order valence-electron chi connectivity index (χ3n) is 0. The molecule has 0 nitrogen and oxygen atoms in total. The minimum atomic E-state index is 0. The molecule has 0 fully saturated rings. The van der Waals surface area contributed by atoms with Gasteiger partial charge in [0, 0.05) is 0 Å². The molecule has 26 valence electrons. The molecule has 0 saturated heterocycles. The molecule has 0 aromatic rings. The van der Waals surface area contributed by atoms with Gasteiger partial charge in [-0.1, -0.05) is 6.92 Å². The Hall–Kier alpha value is 0.986. The van der Waals surface area contributed by atoms with Crippen molar-refractivity contribution >= 4 is 23.1 Å². The van der Waals surface area contributed by atoms with Crippen molar-refractivity contribution in [1.29, 1.82) is 0 Å². The first-order valence-electron chi connectivity index (χ1n) is 0.911. The van der Waals surface area contributed by atoms with Gasteiger partial charge in [-0.25, -0.2) is 0 Å². The number of rotatable bonds is 0. The Morgan fingerprint density at radius 3 is 1.60 bits per heavy atom. The molecule has 0 atom stereocenters. The van der Waals surface area contributed by atoms with Gasteiger partial charge in [0.1, 0.15) is 0 Å². The fourth-order valence-corrected chi connectivity index (χ4v) is 0. The molecule has 2 heteroatoms. The Balaban J connectivity index is -0.0000000200. The monoisotopic (exact) mass is 144 g/mol. The first kappa shape index (κ1) is 16.7. The SMILES string of the molecule is [Br-].[CH-]=CC.[Mg+2]. The van der Waals surface area contributed by atoms with Crippen LogP contribution in [0.1, 0.15) is 6.92 Å². The van der Waals surface area contributed by atoms with Crippen LogP contribution in [-0.4, -0.2) is 23.1 Å². The van der Waals surface area contributed by atoms with Gasteiger partial charge in [0.2, 0.25) is 0 Å². The Morgan fingerprint density at radius 1 is 1.60 bits per heavy atom. The summed E-state index contributed by atoms with van der Waals surface area (Å²) in [6, 6.07) is 0. The molecule has 0 aliphatic carbocycles. The van der Waals surface area contributed by atoms with Crippen LogP contribution < -0.4 is 17.0 Å². The second-order valence-electron chi connectivity index (χ2n) is 0.333. The summed E-state index contributed by atoms with van der Waals surface area (Å²) in [7, 11) is 0. The van der Waals surface area contributed by atoms with E-state index in [1.54, 1.807) is 6.92 Å². The Morgan fingerprint density at radius 2 is 1.60 bits per heavy atom. The normalized spacial score (nSPS) is 2.60. The summed E-state index contributed by atoms with van der Waals surface area (Å²) in [6.07, 6.45) is 1.50. The van der Waals surface area contributed by atoms with E-state index in [2.05, 4.69) is 0 Å². The van der Waals surface area contributed by atoms with E-state index in [1.807, 2.05) is 0 Å². The molecule has 0 aliphatic rings. The van der Waals surface area contributed by atoms with E-state index in [0.29, 0.717) is 0 Å². The van der Waals surface area contributed by atoms with E-state index >= 15 is 0 Å². The number of halogens is 1. The van der Waals surface area contributed by atoms with Crippen LogP contribution in [-0.2, 0) is 0 Å². The summed E-state index contributed by atoms with van der Waals surface area (Å²) in [5.74, 6) is 0. The van der Waals surface area contributed by atoms with Crippen molar-refractivity contribution in [3.05, 3.63) is 12.7 Å². The molecule has 0 unspecified atom stereocenters. The number of hydrogen-bond acceptors (Lipinski definition) is 0. The van der Waals surface area contributed by atoms with Crippen molar-refractivity contribution in [3.8, 4) is 0 Å². The van der Waals surface area contributed by atoms with Crippen LogP contribution in [0.5, 0.6) is 0 Å². The third-order valence-corrected chi connectivity index (χ3v) is 0. The van der Waals surface area contributed by atoms with Gasteiger partial charge in [-0.15, -0.1) is 0 Å². The van der Waals surface area contributed by atoms with Gasteiger partial charge in [0.25, 0.3) is 0 Å². The molecule has 0 rings (SSSR count). The summed E-state index contributed by atoms with van der Waals surface area (Å²) in [5.41, 5.74) is 0. The zero-order chi connectivity index (χ0) is 2.71. The molecule has 0 N–H and O–H groups in total. The van der Waals surface area contributed by atoms with Gasteiger partial charge in [-0.05, 0) is 0 Å². The standard InChI is InChI=1S/C3H5.BrH.Mg/c1-3-2;;/h1,3H,2H3;1H;/q-1;;+2/p-1. The van der Waals surface area contributed by atoms with Gasteiger partial charge < -0.3 is 23.6 Å². The Bertz CT molecular complexity index is 14.4. The van der Waals surface area contributed by atoms with E-state index in [1.165, 1.54) is 6.08 Å². The largest absolute Gasteiger partial charge is 2.00 e. The summed E-state index contributed by atoms with van der Waals surface area (Å²) < 4.78 is 0. The molecular weight excluding hydrogens is 140 g/mol. The topological polar surface area (TPSA) is 0 Å². The molecule has 0 aliphatic heterocycles. The van der Waals surface area contributed by atoms with Gasteiger partial charge >= 0.3 is 23.1 Å². The second kappa shape index (κ2) is 20.1. The minimum absolute atomic E-state index is 0. The maximum Gasteiger partial charge on any atom is 2.00 e. The van der Waals surface area contributed by atoms with Crippen LogP contribution in [0.2, 0.25) is 0 Å². The Kier molecular flexibility index (Phi) is 67.0. The van der Waals surface area contributed by atoms with Crippen molar-refractivity contribution in [2.24, 2.45) is 0 Å². The van der Waals surface area contributed by atoms with Crippen LogP contribution >= 0.6 is 0 Å². The molecule has 0 amide bonds. The van der Waals surface area contributed by atoms with E-state index < -0.39 is 0 Å². The molecule has 0 bridgehead atoms. The average Bonchev–Trinajstić information content (AvgIpc) is 0.918. The fourth-order valence-electron chi connectivity index (χ4n) is 0. The molecule has 0 aromatic heterocycles. The molecule has 5 heavy (non-hydrogen) atoms. The molecule has 0 spiro atoms. The summed E-state index contributed by atoms with van der Waals surface area (Å²) in [4.78, 5) is 0. The smallest absolute Gasteiger partial charge is 1.00 e. The number of allylic oxidation sites excluding steroid dienone is 1. The van der Waals surface area contributed by atoms with Crippen LogP contribution in [0.25, 0.3) is 0 Å². The fraction of sp³-hybridized carbons (Fsp3) is 0.333. The van der Waals surface area contributed by atoms with Crippen LogP contribution in [0.15, 0.2) is 6.08 Å². The van der Waals surface area contributed by atoms with E-state index in [-0.39, 0.29) is 40.0 Å². The Labute approximate surface area is 59.6 Å². The average molecular weight is 145 g/mol. The van der Waals surface area contributed by atoms with Crippen LogP contribution in [0, 0.1) is 6.58 Å². The summed E-state index contributed by atoms with van der Waals surface area (Å²) in [6.45, 7) is 6.50. The van der Waals surface area contributed by atoms with Crippen molar-refractivity contribution < 1.29 is 17.0 Å². The molecule has 0 heterocycles. The van der Waals surface area contributed by atoms with Gasteiger partial charge in [-0.3, -0.25) is 6.08 Å². The molecule has 0 aromatic carbocycles. The van der Waals surface area contributed by atoms with E-state index in [0.717, 1.165) is 0 Å². The predicted molar refractivity (Wildman–Crippen MR) is 20.3 cm³/mol. The molecule has 0 radical (unpaired) electrons. The van der Waals surface area contributed by atoms with Gasteiger partial charge in [-0.2, -0.15) is 0 Å². The van der Waals surface area contributed by atoms with Gasteiger partial charge in [0.15, 0.2) is 0 Å². The van der Waals surface area contributed by atoms with Crippen molar-refractivity contribution in [2.75, 3.05) is 0 Å². The maximum absolute atomic E-state index is 4.72. The van der Waals surface area contributed by atoms with Crippen molar-refractivity contribution in [3.63, 3.8) is 0 Å². The zero-order valence-corrected chi connectivity index (χ0v) is 6.24. The zero-order valence-electron chi connectivity index (χ0n) is 3.24. The second-order valence-corrected chi connectivity index (χ2v) is 0.333. The third kappa shape index (κ3) is 45.7. The maximum atomic E-state index is 4.72. The predicted octanol–water partition coefficient (Wildman–Crippen LogP) is -2.38. The molecule has 0 saturated carbocycles. The number of hydrogen-bond donors (Lipinski definition) is 0. The van der Waals surface area contributed by atoms with E-state index in [4.69, 9.17) is 6.58 Å². The van der Waals surface area contributed by atoms with Crippen molar-refractivity contribution in [2.45, 2.75) is 6.92 Å². The quantitative estimate of drug-likeness (QED) is 0.264. The molecular formula is C3H5BrMg. The summed E-state index contributed by atoms with van der Waals surface area (Å²) in [5, 5.41) is 0. The van der Waals surface area contributed by atoms with Crippen molar-refractivity contribution in [1.82, 2.24) is 0 Å². The van der Waals surface area contributed by atoms with Gasteiger partial charge in [0.05, 0.1) is 0 Å². The first-order valence-corrected chi connectivity index (χ1v) is 0.911. The minimum Gasteiger partial charge on any atom is -1.00 e.